The van der Waals surface area contributed by atoms with Gasteiger partial charge in [-0.25, -0.2) is 4.39 Å². The van der Waals surface area contributed by atoms with Gasteiger partial charge in [-0.05, 0) is 17.0 Å². The fourth-order valence-corrected chi connectivity index (χ4v) is 1.83. The van der Waals surface area contributed by atoms with Gasteiger partial charge in [0.2, 0.25) is 0 Å². The largest absolute Gasteiger partial charge is 0.206 e. The topological polar surface area (TPSA) is 0 Å². The molecule has 0 radical (unpaired) electrons. The van der Waals surface area contributed by atoms with Gasteiger partial charge in [0.1, 0.15) is 5.82 Å². The third kappa shape index (κ3) is 2.02. The number of halogens is 2. The quantitative estimate of drug-likeness (QED) is 0.709. The van der Waals surface area contributed by atoms with E-state index in [9.17, 15) is 4.39 Å². The second-order valence-electron chi connectivity index (χ2n) is 3.45. The lowest BCUT2D eigenvalue weighted by atomic mass is 10.0. The summed E-state index contributed by atoms with van der Waals surface area (Å²) < 4.78 is 13.4. The first-order chi connectivity index (χ1) is 7.18. The van der Waals surface area contributed by atoms with Crippen LogP contribution in [0.5, 0.6) is 0 Å². The maximum atomic E-state index is 13.4. The molecular weight excluding hydrogens is 211 g/mol. The van der Waals surface area contributed by atoms with Crippen molar-refractivity contribution in [2.75, 3.05) is 0 Å². The molecule has 0 aliphatic carbocycles. The molecular formula is C13H10ClF. The van der Waals surface area contributed by atoms with E-state index in [2.05, 4.69) is 6.58 Å². The minimum Gasteiger partial charge on any atom is -0.206 e. The van der Waals surface area contributed by atoms with Gasteiger partial charge >= 0.3 is 0 Å². The Balaban J connectivity index is 2.66. The summed E-state index contributed by atoms with van der Waals surface area (Å²) in [6.45, 7) is 3.65. The Morgan fingerprint density at radius 2 is 1.80 bits per heavy atom. The molecule has 0 heterocycles. The van der Waals surface area contributed by atoms with Gasteiger partial charge in [0.15, 0.2) is 0 Å². The number of hydrogen-bond acceptors (Lipinski definition) is 0. The Morgan fingerprint density at radius 1 is 1.13 bits per heavy atom. The van der Waals surface area contributed by atoms with Crippen molar-refractivity contribution in [1.29, 1.82) is 0 Å². The first-order valence-electron chi connectivity index (χ1n) is 4.68. The Morgan fingerprint density at radius 3 is 2.47 bits per heavy atom. The van der Waals surface area contributed by atoms with Gasteiger partial charge in [-0.2, -0.15) is 0 Å². The highest BCUT2D eigenvalue weighted by Crippen LogP contribution is 2.24. The highest BCUT2D eigenvalue weighted by molar-refractivity contribution is 6.29. The molecule has 0 amide bonds. The van der Waals surface area contributed by atoms with Crippen LogP contribution in [-0.2, 0) is 6.42 Å². The van der Waals surface area contributed by atoms with E-state index in [1.807, 2.05) is 18.2 Å². The number of benzene rings is 2. The van der Waals surface area contributed by atoms with Crippen LogP contribution in [0.15, 0.2) is 48.0 Å². The van der Waals surface area contributed by atoms with Gasteiger partial charge in [-0.3, -0.25) is 0 Å². The summed E-state index contributed by atoms with van der Waals surface area (Å²) in [5, 5.41) is 2.10. The molecule has 0 nitrogen and oxygen atoms in total. The predicted molar refractivity (Wildman–Crippen MR) is 62.6 cm³/mol. The molecule has 0 aliphatic rings. The molecule has 2 heteroatoms. The van der Waals surface area contributed by atoms with Gasteiger partial charge in [-0.15, -0.1) is 0 Å². The maximum Gasteiger partial charge on any atom is 0.131 e. The molecule has 0 spiro atoms. The number of fused-ring (bicyclic) bond motifs is 1. The van der Waals surface area contributed by atoms with Crippen LogP contribution in [0.3, 0.4) is 0 Å². The molecule has 0 bridgehead atoms. The van der Waals surface area contributed by atoms with Crippen molar-refractivity contribution >= 4 is 22.4 Å². The van der Waals surface area contributed by atoms with Crippen LogP contribution < -0.4 is 0 Å². The molecule has 2 aromatic carbocycles. The van der Waals surface area contributed by atoms with Crippen molar-refractivity contribution < 1.29 is 4.39 Å². The summed E-state index contributed by atoms with van der Waals surface area (Å²) in [5.74, 6) is -0.200. The summed E-state index contributed by atoms with van der Waals surface area (Å²) in [7, 11) is 0. The molecule has 0 aromatic heterocycles. The summed E-state index contributed by atoms with van der Waals surface area (Å²) >= 11 is 5.76. The van der Waals surface area contributed by atoms with Crippen molar-refractivity contribution in [3.05, 3.63) is 59.4 Å². The lowest BCUT2D eigenvalue weighted by Crippen LogP contribution is -1.89. The molecule has 0 saturated heterocycles. The van der Waals surface area contributed by atoms with Crippen molar-refractivity contribution in [3.8, 4) is 0 Å². The van der Waals surface area contributed by atoms with Gasteiger partial charge in [0.05, 0.1) is 0 Å². The summed E-state index contributed by atoms with van der Waals surface area (Å²) in [6, 6.07) is 10.6. The lowest BCUT2D eigenvalue weighted by Gasteiger charge is -2.06. The second kappa shape index (κ2) is 4.03. The minimum atomic E-state index is -0.200. The Bertz CT molecular complexity index is 517. The molecule has 15 heavy (non-hydrogen) atoms. The third-order valence-electron chi connectivity index (χ3n) is 2.34. The summed E-state index contributed by atoms with van der Waals surface area (Å²) in [6.07, 6.45) is 0.572. The van der Waals surface area contributed by atoms with Crippen LogP contribution in [0.4, 0.5) is 4.39 Å². The van der Waals surface area contributed by atoms with E-state index in [1.165, 1.54) is 6.07 Å². The average Bonchev–Trinajstić information content (AvgIpc) is 2.22. The average molecular weight is 221 g/mol. The Kier molecular flexibility index (Phi) is 2.74. The van der Waals surface area contributed by atoms with Gasteiger partial charge < -0.3 is 0 Å². The summed E-state index contributed by atoms with van der Waals surface area (Å²) in [4.78, 5) is 0. The highest BCUT2D eigenvalue weighted by Gasteiger charge is 2.05. The Hall–Kier alpha value is -1.34. The summed E-state index contributed by atoms with van der Waals surface area (Å²) in [5.41, 5.74) is 1.01. The van der Waals surface area contributed by atoms with E-state index in [0.717, 1.165) is 10.9 Å². The highest BCUT2D eigenvalue weighted by atomic mass is 35.5. The van der Waals surface area contributed by atoms with E-state index in [0.29, 0.717) is 16.8 Å². The van der Waals surface area contributed by atoms with Crippen molar-refractivity contribution in [2.24, 2.45) is 0 Å². The molecule has 2 rings (SSSR count). The monoisotopic (exact) mass is 220 g/mol. The van der Waals surface area contributed by atoms with Crippen molar-refractivity contribution in [1.82, 2.24) is 0 Å². The fourth-order valence-electron chi connectivity index (χ4n) is 1.69. The molecule has 0 fully saturated rings. The van der Waals surface area contributed by atoms with Crippen LogP contribution in [-0.4, -0.2) is 0 Å². The zero-order valence-corrected chi connectivity index (χ0v) is 8.89. The second-order valence-corrected chi connectivity index (χ2v) is 3.98. The minimum absolute atomic E-state index is 0.200. The van der Waals surface area contributed by atoms with E-state index < -0.39 is 0 Å². The standard InChI is InChI=1S/C13H10ClF/c1-9(14)8-10-6-7-13(15)12-5-3-2-4-11(10)12/h2-7H,1,8H2. The van der Waals surface area contributed by atoms with Crippen LogP contribution in [0.25, 0.3) is 10.8 Å². The fraction of sp³-hybridized carbons (Fsp3) is 0.0769. The molecule has 0 atom stereocenters. The van der Waals surface area contributed by atoms with Gasteiger partial charge in [0, 0.05) is 16.8 Å². The van der Waals surface area contributed by atoms with Crippen LogP contribution in [0, 0.1) is 5.82 Å². The van der Waals surface area contributed by atoms with E-state index >= 15 is 0 Å². The number of hydrogen-bond donors (Lipinski definition) is 0. The normalized spacial score (nSPS) is 10.5. The van der Waals surface area contributed by atoms with Crippen LogP contribution in [0.1, 0.15) is 5.56 Å². The predicted octanol–water partition coefficient (Wildman–Crippen LogP) is 4.27. The zero-order chi connectivity index (χ0) is 10.8. The molecule has 0 aliphatic heterocycles. The first-order valence-corrected chi connectivity index (χ1v) is 5.05. The van der Waals surface area contributed by atoms with Crippen LogP contribution >= 0.6 is 11.6 Å². The van der Waals surface area contributed by atoms with Gasteiger partial charge in [-0.1, -0.05) is 48.5 Å². The number of rotatable bonds is 2. The van der Waals surface area contributed by atoms with Crippen molar-refractivity contribution in [3.63, 3.8) is 0 Å². The van der Waals surface area contributed by atoms with E-state index in [4.69, 9.17) is 11.6 Å². The maximum absolute atomic E-state index is 13.4. The number of allylic oxidation sites excluding steroid dienone is 1. The third-order valence-corrected chi connectivity index (χ3v) is 2.48. The SMILES string of the molecule is C=C(Cl)Cc1ccc(F)c2ccccc12. The lowest BCUT2D eigenvalue weighted by molar-refractivity contribution is 0.639. The Labute approximate surface area is 93.0 Å². The van der Waals surface area contributed by atoms with Gasteiger partial charge in [0.25, 0.3) is 0 Å². The zero-order valence-electron chi connectivity index (χ0n) is 8.13. The van der Waals surface area contributed by atoms with E-state index in [-0.39, 0.29) is 5.82 Å². The van der Waals surface area contributed by atoms with Crippen molar-refractivity contribution in [2.45, 2.75) is 6.42 Å². The van der Waals surface area contributed by atoms with Crippen LogP contribution in [0.2, 0.25) is 0 Å². The molecule has 0 saturated carbocycles. The molecule has 0 N–H and O–H groups in total. The molecule has 2 aromatic rings. The first kappa shape index (κ1) is 10.2. The molecule has 76 valence electrons. The van der Waals surface area contributed by atoms with E-state index in [1.54, 1.807) is 12.1 Å². The molecule has 0 unspecified atom stereocenters. The smallest absolute Gasteiger partial charge is 0.131 e.